The molecule has 2 atom stereocenters. The van der Waals surface area contributed by atoms with Crippen molar-refractivity contribution < 1.29 is 8.42 Å². The molecule has 5 heteroatoms. The normalized spacial score (nSPS) is 30.7. The molecule has 0 aromatic heterocycles. The molecule has 0 bridgehead atoms. The largest absolute Gasteiger partial charge is 0.316 e. The first-order chi connectivity index (χ1) is 9.07. The standard InChI is InChI=1S/C14H28N2O2S/c1-13(14-4-2-6-15-12-14)5-8-16-7-3-10-19(17,18)11-9-16/h13-15H,2-12H2,1H3. The van der Waals surface area contributed by atoms with Gasteiger partial charge >= 0.3 is 0 Å². The Bertz CT molecular complexity index is 364. The van der Waals surface area contributed by atoms with Crippen LogP contribution in [0.1, 0.15) is 32.6 Å². The summed E-state index contributed by atoms with van der Waals surface area (Å²) in [5.74, 6) is 2.29. The number of nitrogens with zero attached hydrogens (tertiary/aromatic N) is 1. The van der Waals surface area contributed by atoms with E-state index in [9.17, 15) is 8.42 Å². The zero-order valence-electron chi connectivity index (χ0n) is 12.1. The summed E-state index contributed by atoms with van der Waals surface area (Å²) in [6.45, 7) is 7.44. The molecule has 1 N–H and O–H groups in total. The van der Waals surface area contributed by atoms with E-state index in [1.165, 1.54) is 25.8 Å². The third-order valence-electron chi connectivity index (χ3n) is 4.69. The number of piperidine rings is 1. The molecule has 2 unspecified atom stereocenters. The number of hydrogen-bond donors (Lipinski definition) is 1. The van der Waals surface area contributed by atoms with Crippen molar-refractivity contribution in [3.63, 3.8) is 0 Å². The van der Waals surface area contributed by atoms with Gasteiger partial charge in [-0.2, -0.15) is 0 Å². The highest BCUT2D eigenvalue weighted by Crippen LogP contribution is 2.23. The lowest BCUT2D eigenvalue weighted by molar-refractivity contribution is 0.220. The van der Waals surface area contributed by atoms with Crippen LogP contribution in [0.4, 0.5) is 0 Å². The summed E-state index contributed by atoms with van der Waals surface area (Å²) >= 11 is 0. The molecule has 2 fully saturated rings. The summed E-state index contributed by atoms with van der Waals surface area (Å²) in [6, 6.07) is 0. The van der Waals surface area contributed by atoms with Gasteiger partial charge in [-0.3, -0.25) is 0 Å². The van der Waals surface area contributed by atoms with Crippen LogP contribution in [0, 0.1) is 11.8 Å². The van der Waals surface area contributed by atoms with Gasteiger partial charge in [-0.15, -0.1) is 0 Å². The molecule has 0 spiro atoms. The van der Waals surface area contributed by atoms with Gasteiger partial charge in [-0.1, -0.05) is 6.92 Å². The van der Waals surface area contributed by atoms with E-state index in [2.05, 4.69) is 17.1 Å². The van der Waals surface area contributed by atoms with Crippen LogP contribution in [0.3, 0.4) is 0 Å². The minimum atomic E-state index is -2.76. The van der Waals surface area contributed by atoms with Gasteiger partial charge in [0, 0.05) is 6.54 Å². The molecule has 112 valence electrons. The quantitative estimate of drug-likeness (QED) is 0.842. The van der Waals surface area contributed by atoms with Gasteiger partial charge in [-0.25, -0.2) is 8.42 Å². The second kappa shape index (κ2) is 7.04. The molecule has 0 aromatic carbocycles. The van der Waals surface area contributed by atoms with Crippen LogP contribution in [0.2, 0.25) is 0 Å². The van der Waals surface area contributed by atoms with Crippen molar-refractivity contribution in [3.8, 4) is 0 Å². The highest BCUT2D eigenvalue weighted by atomic mass is 32.2. The predicted octanol–water partition coefficient (Wildman–Crippen LogP) is 1.13. The van der Waals surface area contributed by atoms with Gasteiger partial charge in [0.1, 0.15) is 0 Å². The fraction of sp³-hybridized carbons (Fsp3) is 1.00. The summed E-state index contributed by atoms with van der Waals surface area (Å²) in [5.41, 5.74) is 0. The molecule has 2 aliphatic rings. The average Bonchev–Trinajstić information content (AvgIpc) is 2.58. The number of nitrogens with one attached hydrogen (secondary N) is 1. The topological polar surface area (TPSA) is 49.4 Å². The fourth-order valence-corrected chi connectivity index (χ4v) is 4.51. The van der Waals surface area contributed by atoms with E-state index in [0.717, 1.165) is 44.4 Å². The lowest BCUT2D eigenvalue weighted by Gasteiger charge is -2.30. The Hall–Kier alpha value is -0.130. The SMILES string of the molecule is CC(CCN1CCCS(=O)(=O)CC1)C1CCCNC1. The molecule has 0 aliphatic carbocycles. The predicted molar refractivity (Wildman–Crippen MR) is 79.1 cm³/mol. The molecule has 0 radical (unpaired) electrons. The monoisotopic (exact) mass is 288 g/mol. The Morgan fingerprint density at radius 2 is 2.11 bits per heavy atom. The highest BCUT2D eigenvalue weighted by Gasteiger charge is 2.22. The summed E-state index contributed by atoms with van der Waals surface area (Å²) < 4.78 is 23.1. The van der Waals surface area contributed by atoms with Crippen molar-refractivity contribution in [2.75, 3.05) is 44.2 Å². The first-order valence-electron chi connectivity index (χ1n) is 7.70. The number of hydrogen-bond acceptors (Lipinski definition) is 4. The zero-order valence-corrected chi connectivity index (χ0v) is 12.9. The molecule has 2 aliphatic heterocycles. The Balaban J connectivity index is 1.72. The van der Waals surface area contributed by atoms with Crippen LogP contribution >= 0.6 is 0 Å². The van der Waals surface area contributed by atoms with Gasteiger partial charge in [-0.05, 0) is 63.7 Å². The van der Waals surface area contributed by atoms with Crippen LogP contribution < -0.4 is 5.32 Å². The maximum atomic E-state index is 11.6. The molecular formula is C14H28N2O2S. The lowest BCUT2D eigenvalue weighted by atomic mass is 9.85. The Morgan fingerprint density at radius 1 is 1.26 bits per heavy atom. The van der Waals surface area contributed by atoms with E-state index in [1.54, 1.807) is 0 Å². The van der Waals surface area contributed by atoms with Gasteiger partial charge in [0.25, 0.3) is 0 Å². The zero-order chi connectivity index (χ0) is 13.7. The van der Waals surface area contributed by atoms with Gasteiger partial charge in [0.15, 0.2) is 9.84 Å². The fourth-order valence-electron chi connectivity index (χ4n) is 3.20. The number of rotatable bonds is 4. The van der Waals surface area contributed by atoms with Crippen molar-refractivity contribution >= 4 is 9.84 Å². The maximum absolute atomic E-state index is 11.6. The summed E-state index contributed by atoms with van der Waals surface area (Å²) in [4.78, 5) is 2.34. The van der Waals surface area contributed by atoms with Crippen LogP contribution in [0.25, 0.3) is 0 Å². The summed E-state index contributed by atoms with van der Waals surface area (Å²) in [7, 11) is -2.76. The van der Waals surface area contributed by atoms with Crippen LogP contribution in [-0.4, -0.2) is 57.5 Å². The molecule has 0 aromatic rings. The van der Waals surface area contributed by atoms with E-state index in [0.29, 0.717) is 11.5 Å². The minimum Gasteiger partial charge on any atom is -0.316 e. The van der Waals surface area contributed by atoms with E-state index in [-0.39, 0.29) is 0 Å². The van der Waals surface area contributed by atoms with E-state index in [1.807, 2.05) is 0 Å². The average molecular weight is 288 g/mol. The lowest BCUT2D eigenvalue weighted by Crippen LogP contribution is -2.35. The van der Waals surface area contributed by atoms with Crippen molar-refractivity contribution in [3.05, 3.63) is 0 Å². The smallest absolute Gasteiger partial charge is 0.151 e. The first-order valence-corrected chi connectivity index (χ1v) is 9.52. The second-order valence-electron chi connectivity index (χ2n) is 6.22. The molecule has 0 saturated carbocycles. The van der Waals surface area contributed by atoms with E-state index >= 15 is 0 Å². The van der Waals surface area contributed by atoms with Crippen molar-refractivity contribution in [1.82, 2.24) is 10.2 Å². The van der Waals surface area contributed by atoms with Crippen molar-refractivity contribution in [2.45, 2.75) is 32.6 Å². The Labute approximate surface area is 117 Å². The minimum absolute atomic E-state index is 0.354. The molecule has 2 heterocycles. The third-order valence-corrected chi connectivity index (χ3v) is 6.40. The molecular weight excluding hydrogens is 260 g/mol. The molecule has 2 saturated heterocycles. The third kappa shape index (κ3) is 5.04. The summed E-state index contributed by atoms with van der Waals surface area (Å²) in [5, 5.41) is 3.48. The van der Waals surface area contributed by atoms with Crippen LogP contribution in [-0.2, 0) is 9.84 Å². The van der Waals surface area contributed by atoms with Gasteiger partial charge in [0.2, 0.25) is 0 Å². The van der Waals surface area contributed by atoms with Crippen LogP contribution in [0.15, 0.2) is 0 Å². The van der Waals surface area contributed by atoms with Crippen molar-refractivity contribution in [2.24, 2.45) is 11.8 Å². The van der Waals surface area contributed by atoms with E-state index in [4.69, 9.17) is 0 Å². The van der Waals surface area contributed by atoms with Gasteiger partial charge < -0.3 is 10.2 Å². The highest BCUT2D eigenvalue weighted by molar-refractivity contribution is 7.91. The summed E-state index contributed by atoms with van der Waals surface area (Å²) in [6.07, 6.45) is 4.66. The molecule has 2 rings (SSSR count). The van der Waals surface area contributed by atoms with Gasteiger partial charge in [0.05, 0.1) is 11.5 Å². The Kier molecular flexibility index (Phi) is 5.66. The number of sulfone groups is 1. The van der Waals surface area contributed by atoms with Crippen molar-refractivity contribution in [1.29, 1.82) is 0 Å². The Morgan fingerprint density at radius 3 is 2.84 bits per heavy atom. The maximum Gasteiger partial charge on any atom is 0.151 e. The molecule has 0 amide bonds. The second-order valence-corrected chi connectivity index (χ2v) is 8.52. The van der Waals surface area contributed by atoms with Crippen LogP contribution in [0.5, 0.6) is 0 Å². The first kappa shape index (κ1) is 15.3. The molecule has 4 nitrogen and oxygen atoms in total. The molecule has 19 heavy (non-hydrogen) atoms. The van der Waals surface area contributed by atoms with E-state index < -0.39 is 9.84 Å².